The SMILES string of the molecule is NC1CCC/C(=C\c2ccn(C3CCCC3)n2)C1. The Hall–Kier alpha value is -1.09. The van der Waals surface area contributed by atoms with Crippen molar-refractivity contribution in [1.82, 2.24) is 9.78 Å². The molecular weight excluding hydrogens is 222 g/mol. The van der Waals surface area contributed by atoms with Gasteiger partial charge < -0.3 is 5.73 Å². The van der Waals surface area contributed by atoms with Gasteiger partial charge in [-0.25, -0.2) is 0 Å². The normalized spacial score (nSPS) is 28.1. The number of aromatic nitrogens is 2. The Morgan fingerprint density at radius 2 is 2.06 bits per heavy atom. The highest BCUT2D eigenvalue weighted by Crippen LogP contribution is 2.29. The van der Waals surface area contributed by atoms with Crippen molar-refractivity contribution < 1.29 is 0 Å². The van der Waals surface area contributed by atoms with E-state index in [1.54, 1.807) is 0 Å². The highest BCUT2D eigenvalue weighted by Gasteiger charge is 2.18. The molecule has 0 amide bonds. The Morgan fingerprint density at radius 1 is 1.22 bits per heavy atom. The van der Waals surface area contributed by atoms with E-state index in [4.69, 9.17) is 10.8 Å². The van der Waals surface area contributed by atoms with E-state index >= 15 is 0 Å². The zero-order chi connectivity index (χ0) is 12.4. The van der Waals surface area contributed by atoms with Crippen LogP contribution in [0.3, 0.4) is 0 Å². The minimum atomic E-state index is 0.363. The third kappa shape index (κ3) is 2.66. The van der Waals surface area contributed by atoms with E-state index in [2.05, 4.69) is 23.0 Å². The van der Waals surface area contributed by atoms with Gasteiger partial charge in [0.2, 0.25) is 0 Å². The zero-order valence-electron chi connectivity index (χ0n) is 11.0. The summed E-state index contributed by atoms with van der Waals surface area (Å²) in [5, 5.41) is 4.71. The predicted octanol–water partition coefficient (Wildman–Crippen LogP) is 3.28. The first-order chi connectivity index (χ1) is 8.81. The molecule has 3 rings (SSSR count). The van der Waals surface area contributed by atoms with Gasteiger partial charge in [-0.15, -0.1) is 0 Å². The van der Waals surface area contributed by atoms with Crippen molar-refractivity contribution in [3.8, 4) is 0 Å². The lowest BCUT2D eigenvalue weighted by atomic mass is 9.91. The molecule has 2 fully saturated rings. The minimum Gasteiger partial charge on any atom is -0.327 e. The summed E-state index contributed by atoms with van der Waals surface area (Å²) in [5.41, 5.74) is 8.61. The summed E-state index contributed by atoms with van der Waals surface area (Å²) in [6, 6.07) is 3.15. The molecule has 0 bridgehead atoms. The molecule has 0 aliphatic heterocycles. The lowest BCUT2D eigenvalue weighted by Crippen LogP contribution is -2.23. The van der Waals surface area contributed by atoms with Crippen molar-refractivity contribution in [3.63, 3.8) is 0 Å². The van der Waals surface area contributed by atoms with Crippen LogP contribution in [0.5, 0.6) is 0 Å². The van der Waals surface area contributed by atoms with Crippen LogP contribution < -0.4 is 5.73 Å². The lowest BCUT2D eigenvalue weighted by Gasteiger charge is -2.20. The molecule has 3 heteroatoms. The molecule has 1 heterocycles. The van der Waals surface area contributed by atoms with Crippen LogP contribution in [0.4, 0.5) is 0 Å². The largest absolute Gasteiger partial charge is 0.327 e. The highest BCUT2D eigenvalue weighted by molar-refractivity contribution is 5.48. The predicted molar refractivity (Wildman–Crippen MR) is 74.2 cm³/mol. The fraction of sp³-hybridized carbons (Fsp3) is 0.667. The fourth-order valence-electron chi connectivity index (χ4n) is 3.27. The van der Waals surface area contributed by atoms with E-state index < -0.39 is 0 Å². The smallest absolute Gasteiger partial charge is 0.0850 e. The molecule has 2 N–H and O–H groups in total. The van der Waals surface area contributed by atoms with E-state index in [1.807, 2.05) is 0 Å². The van der Waals surface area contributed by atoms with Crippen LogP contribution in [-0.4, -0.2) is 15.8 Å². The van der Waals surface area contributed by atoms with Crippen molar-refractivity contribution in [2.45, 2.75) is 63.5 Å². The molecule has 1 aromatic rings. The summed E-state index contributed by atoms with van der Waals surface area (Å²) in [7, 11) is 0. The lowest BCUT2D eigenvalue weighted by molar-refractivity contribution is 0.466. The van der Waals surface area contributed by atoms with E-state index in [9.17, 15) is 0 Å². The number of hydrogen-bond donors (Lipinski definition) is 1. The van der Waals surface area contributed by atoms with Gasteiger partial charge >= 0.3 is 0 Å². The van der Waals surface area contributed by atoms with Gasteiger partial charge in [-0.3, -0.25) is 4.68 Å². The molecule has 98 valence electrons. The number of nitrogens with two attached hydrogens (primary N) is 1. The van der Waals surface area contributed by atoms with Gasteiger partial charge in [0.15, 0.2) is 0 Å². The van der Waals surface area contributed by atoms with Crippen molar-refractivity contribution >= 4 is 6.08 Å². The van der Waals surface area contributed by atoms with E-state index in [0.717, 1.165) is 12.1 Å². The molecule has 0 radical (unpaired) electrons. The first kappa shape index (κ1) is 12.0. The molecule has 0 saturated heterocycles. The minimum absolute atomic E-state index is 0.363. The van der Waals surface area contributed by atoms with Gasteiger partial charge in [0.25, 0.3) is 0 Å². The van der Waals surface area contributed by atoms with Crippen LogP contribution in [0.15, 0.2) is 17.8 Å². The van der Waals surface area contributed by atoms with Crippen molar-refractivity contribution in [1.29, 1.82) is 0 Å². The Morgan fingerprint density at radius 3 is 2.83 bits per heavy atom. The van der Waals surface area contributed by atoms with Crippen LogP contribution >= 0.6 is 0 Å². The second-order valence-electron chi connectivity index (χ2n) is 5.82. The van der Waals surface area contributed by atoms with Gasteiger partial charge in [-0.1, -0.05) is 18.4 Å². The maximum atomic E-state index is 6.02. The number of hydrogen-bond acceptors (Lipinski definition) is 2. The molecule has 0 spiro atoms. The maximum absolute atomic E-state index is 6.02. The molecule has 2 aliphatic rings. The van der Waals surface area contributed by atoms with E-state index in [1.165, 1.54) is 50.5 Å². The van der Waals surface area contributed by atoms with Gasteiger partial charge in [0.05, 0.1) is 11.7 Å². The highest BCUT2D eigenvalue weighted by atomic mass is 15.3. The zero-order valence-corrected chi connectivity index (χ0v) is 11.0. The van der Waals surface area contributed by atoms with E-state index in [-0.39, 0.29) is 0 Å². The third-order valence-electron chi connectivity index (χ3n) is 4.28. The summed E-state index contributed by atoms with van der Waals surface area (Å²) < 4.78 is 2.17. The molecule has 18 heavy (non-hydrogen) atoms. The maximum Gasteiger partial charge on any atom is 0.0850 e. The first-order valence-corrected chi connectivity index (χ1v) is 7.31. The molecular formula is C15H23N3. The van der Waals surface area contributed by atoms with Crippen molar-refractivity contribution in [2.75, 3.05) is 0 Å². The summed E-state index contributed by atoms with van der Waals surface area (Å²) in [6.45, 7) is 0. The average Bonchev–Trinajstić information content (AvgIpc) is 2.98. The molecule has 0 aromatic carbocycles. The second kappa shape index (κ2) is 5.27. The van der Waals surface area contributed by atoms with Crippen LogP contribution in [0.1, 0.15) is 63.1 Å². The second-order valence-corrected chi connectivity index (χ2v) is 5.82. The van der Waals surface area contributed by atoms with Crippen LogP contribution in [0, 0.1) is 0 Å². The average molecular weight is 245 g/mol. The molecule has 3 nitrogen and oxygen atoms in total. The van der Waals surface area contributed by atoms with Gasteiger partial charge in [-0.05, 0) is 50.7 Å². The van der Waals surface area contributed by atoms with Crippen molar-refractivity contribution in [3.05, 3.63) is 23.5 Å². The molecule has 1 unspecified atom stereocenters. The summed E-state index contributed by atoms with van der Waals surface area (Å²) in [5.74, 6) is 0. The summed E-state index contributed by atoms with van der Waals surface area (Å²) in [6.07, 6.45) is 14.4. The Balaban J connectivity index is 1.70. The summed E-state index contributed by atoms with van der Waals surface area (Å²) >= 11 is 0. The standard InChI is InChI=1S/C15H23N3/c16-13-5-3-4-12(10-13)11-14-8-9-18(17-14)15-6-1-2-7-15/h8-9,11,13,15H,1-7,10,16H2/b12-11+. The number of nitrogens with zero attached hydrogens (tertiary/aromatic N) is 2. The van der Waals surface area contributed by atoms with E-state index in [0.29, 0.717) is 12.1 Å². The first-order valence-electron chi connectivity index (χ1n) is 7.31. The quantitative estimate of drug-likeness (QED) is 0.869. The van der Waals surface area contributed by atoms with Gasteiger partial charge in [0, 0.05) is 12.2 Å². The molecule has 1 aromatic heterocycles. The Labute approximate surface area is 109 Å². The third-order valence-corrected chi connectivity index (χ3v) is 4.28. The fourth-order valence-corrected chi connectivity index (χ4v) is 3.27. The van der Waals surface area contributed by atoms with Crippen molar-refractivity contribution in [2.24, 2.45) is 5.73 Å². The van der Waals surface area contributed by atoms with Crippen LogP contribution in [0.25, 0.3) is 6.08 Å². The Kier molecular flexibility index (Phi) is 3.50. The van der Waals surface area contributed by atoms with Gasteiger partial charge in [0.1, 0.15) is 0 Å². The molecule has 1 atom stereocenters. The van der Waals surface area contributed by atoms with Crippen LogP contribution in [0.2, 0.25) is 0 Å². The van der Waals surface area contributed by atoms with Gasteiger partial charge in [-0.2, -0.15) is 5.10 Å². The van der Waals surface area contributed by atoms with Crippen LogP contribution in [-0.2, 0) is 0 Å². The molecule has 2 aliphatic carbocycles. The number of rotatable bonds is 2. The Bertz CT molecular complexity index is 427. The topological polar surface area (TPSA) is 43.8 Å². The summed E-state index contributed by atoms with van der Waals surface area (Å²) in [4.78, 5) is 0. The monoisotopic (exact) mass is 245 g/mol. The molecule has 2 saturated carbocycles.